The van der Waals surface area contributed by atoms with Crippen LogP contribution in [0.3, 0.4) is 0 Å². The van der Waals surface area contributed by atoms with Crippen molar-refractivity contribution in [1.82, 2.24) is 10.2 Å². The zero-order valence-corrected chi connectivity index (χ0v) is 11.4. The molecule has 1 aliphatic heterocycles. The van der Waals surface area contributed by atoms with Gasteiger partial charge in [-0.05, 0) is 13.3 Å². The summed E-state index contributed by atoms with van der Waals surface area (Å²) in [5.74, 6) is 0. The second-order valence-electron chi connectivity index (χ2n) is 4.73. The molecule has 0 bridgehead atoms. The van der Waals surface area contributed by atoms with Gasteiger partial charge < -0.3 is 14.8 Å². The van der Waals surface area contributed by atoms with E-state index in [1.807, 2.05) is 0 Å². The van der Waals surface area contributed by atoms with Crippen molar-refractivity contribution in [1.29, 1.82) is 0 Å². The lowest BCUT2D eigenvalue weighted by atomic mass is 10.3. The van der Waals surface area contributed by atoms with Crippen molar-refractivity contribution < 1.29 is 9.47 Å². The first-order chi connectivity index (χ1) is 8.33. The van der Waals surface area contributed by atoms with E-state index in [0.717, 1.165) is 52.6 Å². The topological polar surface area (TPSA) is 33.7 Å². The van der Waals surface area contributed by atoms with Crippen LogP contribution in [0.1, 0.15) is 26.7 Å². The second kappa shape index (κ2) is 9.83. The Morgan fingerprint density at radius 2 is 2.06 bits per heavy atom. The van der Waals surface area contributed by atoms with Crippen LogP contribution in [0.25, 0.3) is 0 Å². The minimum absolute atomic E-state index is 0.530. The zero-order chi connectivity index (χ0) is 12.3. The van der Waals surface area contributed by atoms with Crippen molar-refractivity contribution in [3.05, 3.63) is 0 Å². The van der Waals surface area contributed by atoms with Crippen molar-refractivity contribution in [2.24, 2.45) is 0 Å². The highest BCUT2D eigenvalue weighted by Crippen LogP contribution is 1.98. The Morgan fingerprint density at radius 3 is 2.76 bits per heavy atom. The molecule has 1 aliphatic rings. The molecule has 0 amide bonds. The standard InChI is InChI=1S/C13H28N2O2/c1-3-4-8-16-9-5-14-13(2)12-15-6-10-17-11-7-15/h13-14H,3-12H2,1-2H3. The number of ether oxygens (including phenoxy) is 2. The summed E-state index contributed by atoms with van der Waals surface area (Å²) in [6.07, 6.45) is 2.38. The van der Waals surface area contributed by atoms with Crippen LogP contribution in [0.4, 0.5) is 0 Å². The molecule has 0 saturated carbocycles. The summed E-state index contributed by atoms with van der Waals surface area (Å²) in [5, 5.41) is 3.50. The van der Waals surface area contributed by atoms with Gasteiger partial charge >= 0.3 is 0 Å². The molecule has 1 unspecified atom stereocenters. The predicted molar refractivity (Wildman–Crippen MR) is 70.5 cm³/mol. The molecule has 4 heteroatoms. The van der Waals surface area contributed by atoms with E-state index >= 15 is 0 Å². The van der Waals surface area contributed by atoms with Crippen molar-refractivity contribution >= 4 is 0 Å². The Bertz CT molecular complexity index is 173. The number of nitrogens with zero attached hydrogens (tertiary/aromatic N) is 1. The molecule has 0 radical (unpaired) electrons. The van der Waals surface area contributed by atoms with Gasteiger partial charge in [0.05, 0.1) is 19.8 Å². The highest BCUT2D eigenvalue weighted by atomic mass is 16.5. The van der Waals surface area contributed by atoms with Gasteiger partial charge in [-0.2, -0.15) is 0 Å². The van der Waals surface area contributed by atoms with Gasteiger partial charge in [0.2, 0.25) is 0 Å². The van der Waals surface area contributed by atoms with E-state index in [4.69, 9.17) is 9.47 Å². The maximum Gasteiger partial charge on any atom is 0.0594 e. The molecular weight excluding hydrogens is 216 g/mol. The van der Waals surface area contributed by atoms with E-state index in [-0.39, 0.29) is 0 Å². The van der Waals surface area contributed by atoms with Gasteiger partial charge in [0.1, 0.15) is 0 Å². The van der Waals surface area contributed by atoms with Crippen LogP contribution in [0, 0.1) is 0 Å². The minimum atomic E-state index is 0.530. The number of hydrogen-bond donors (Lipinski definition) is 1. The van der Waals surface area contributed by atoms with Gasteiger partial charge in [-0.3, -0.25) is 4.90 Å². The molecule has 1 rings (SSSR count). The van der Waals surface area contributed by atoms with Crippen LogP contribution >= 0.6 is 0 Å². The molecular formula is C13H28N2O2. The van der Waals surface area contributed by atoms with Crippen LogP contribution in [0.5, 0.6) is 0 Å². The number of hydrogen-bond acceptors (Lipinski definition) is 4. The van der Waals surface area contributed by atoms with Crippen molar-refractivity contribution in [3.8, 4) is 0 Å². The average Bonchev–Trinajstić information content (AvgIpc) is 2.35. The Labute approximate surface area is 106 Å². The third-order valence-corrected chi connectivity index (χ3v) is 3.02. The van der Waals surface area contributed by atoms with Crippen LogP contribution in [-0.4, -0.2) is 63.5 Å². The zero-order valence-electron chi connectivity index (χ0n) is 11.4. The first kappa shape index (κ1) is 14.9. The Balaban J connectivity index is 1.91. The molecule has 102 valence electrons. The SMILES string of the molecule is CCCCOCCNC(C)CN1CCOCC1. The summed E-state index contributed by atoms with van der Waals surface area (Å²) in [5.41, 5.74) is 0. The van der Waals surface area contributed by atoms with Gasteiger partial charge in [-0.1, -0.05) is 13.3 Å². The van der Waals surface area contributed by atoms with E-state index in [0.29, 0.717) is 6.04 Å². The molecule has 1 fully saturated rings. The highest BCUT2D eigenvalue weighted by Gasteiger charge is 2.12. The van der Waals surface area contributed by atoms with Gasteiger partial charge in [0, 0.05) is 38.8 Å². The number of morpholine rings is 1. The van der Waals surface area contributed by atoms with Crippen LogP contribution < -0.4 is 5.32 Å². The molecule has 0 aromatic rings. The molecule has 17 heavy (non-hydrogen) atoms. The molecule has 0 aromatic carbocycles. The monoisotopic (exact) mass is 244 g/mol. The van der Waals surface area contributed by atoms with E-state index in [9.17, 15) is 0 Å². The summed E-state index contributed by atoms with van der Waals surface area (Å²) >= 11 is 0. The quantitative estimate of drug-likeness (QED) is 0.616. The maximum atomic E-state index is 5.52. The predicted octanol–water partition coefficient (Wildman–Crippen LogP) is 1.11. The smallest absolute Gasteiger partial charge is 0.0594 e. The lowest BCUT2D eigenvalue weighted by Gasteiger charge is -2.29. The van der Waals surface area contributed by atoms with Gasteiger partial charge in [-0.25, -0.2) is 0 Å². The molecule has 4 nitrogen and oxygen atoms in total. The van der Waals surface area contributed by atoms with E-state index in [1.165, 1.54) is 12.8 Å². The summed E-state index contributed by atoms with van der Waals surface area (Å²) in [4.78, 5) is 2.46. The largest absolute Gasteiger partial charge is 0.380 e. The van der Waals surface area contributed by atoms with Crippen molar-refractivity contribution in [2.45, 2.75) is 32.7 Å². The van der Waals surface area contributed by atoms with Gasteiger partial charge in [0.15, 0.2) is 0 Å². The number of rotatable bonds is 9. The first-order valence-electron chi connectivity index (χ1n) is 6.94. The van der Waals surface area contributed by atoms with Crippen molar-refractivity contribution in [2.75, 3.05) is 52.6 Å². The Hall–Kier alpha value is -0.160. The normalized spacial score (nSPS) is 19.4. The molecule has 1 heterocycles. The minimum Gasteiger partial charge on any atom is -0.380 e. The number of unbranched alkanes of at least 4 members (excludes halogenated alkanes) is 1. The number of nitrogens with one attached hydrogen (secondary N) is 1. The fraction of sp³-hybridized carbons (Fsp3) is 1.00. The third-order valence-electron chi connectivity index (χ3n) is 3.02. The fourth-order valence-corrected chi connectivity index (χ4v) is 1.96. The lowest BCUT2D eigenvalue weighted by Crippen LogP contribution is -2.45. The average molecular weight is 244 g/mol. The highest BCUT2D eigenvalue weighted by molar-refractivity contribution is 4.69. The summed E-state index contributed by atoms with van der Waals surface area (Å²) in [6.45, 7) is 12.1. The second-order valence-corrected chi connectivity index (χ2v) is 4.73. The molecule has 0 spiro atoms. The van der Waals surface area contributed by atoms with Crippen LogP contribution in [0.2, 0.25) is 0 Å². The first-order valence-corrected chi connectivity index (χ1v) is 6.94. The maximum absolute atomic E-state index is 5.52. The molecule has 1 atom stereocenters. The van der Waals surface area contributed by atoms with Crippen LogP contribution in [-0.2, 0) is 9.47 Å². The molecule has 1 N–H and O–H groups in total. The fourth-order valence-electron chi connectivity index (χ4n) is 1.96. The Morgan fingerprint density at radius 1 is 1.29 bits per heavy atom. The summed E-state index contributed by atoms with van der Waals surface area (Å²) in [7, 11) is 0. The molecule has 1 saturated heterocycles. The van der Waals surface area contributed by atoms with Crippen molar-refractivity contribution in [3.63, 3.8) is 0 Å². The van der Waals surface area contributed by atoms with E-state index in [2.05, 4.69) is 24.1 Å². The lowest BCUT2D eigenvalue weighted by molar-refractivity contribution is 0.0338. The summed E-state index contributed by atoms with van der Waals surface area (Å²) < 4.78 is 10.9. The van der Waals surface area contributed by atoms with Crippen LogP contribution in [0.15, 0.2) is 0 Å². The van der Waals surface area contributed by atoms with E-state index in [1.54, 1.807) is 0 Å². The molecule has 0 aromatic heterocycles. The van der Waals surface area contributed by atoms with Gasteiger partial charge in [0.25, 0.3) is 0 Å². The summed E-state index contributed by atoms with van der Waals surface area (Å²) in [6, 6.07) is 0.530. The Kier molecular flexibility index (Phi) is 8.61. The van der Waals surface area contributed by atoms with E-state index < -0.39 is 0 Å². The molecule has 0 aliphatic carbocycles. The third kappa shape index (κ3) is 7.71. The van der Waals surface area contributed by atoms with Gasteiger partial charge in [-0.15, -0.1) is 0 Å².